The summed E-state index contributed by atoms with van der Waals surface area (Å²) in [5.74, 6) is -0.320. The van der Waals surface area contributed by atoms with Crippen LogP contribution in [0.1, 0.15) is 12.0 Å². The molecule has 1 atom stereocenters. The summed E-state index contributed by atoms with van der Waals surface area (Å²) in [5.41, 5.74) is 1.77. The number of carbonyl (C=O) groups is 2. The molecule has 2 saturated heterocycles. The number of hydrogen-bond donors (Lipinski definition) is 0. The van der Waals surface area contributed by atoms with Gasteiger partial charge in [0.15, 0.2) is 0 Å². The van der Waals surface area contributed by atoms with E-state index in [0.29, 0.717) is 10.7 Å². The van der Waals surface area contributed by atoms with Crippen molar-refractivity contribution in [2.24, 2.45) is 0 Å². The smallest absolute Gasteiger partial charge is 0.251 e. The first-order chi connectivity index (χ1) is 13.5. The molecule has 0 bridgehead atoms. The van der Waals surface area contributed by atoms with Gasteiger partial charge in [-0.3, -0.25) is 19.4 Å². The van der Waals surface area contributed by atoms with E-state index >= 15 is 0 Å². The van der Waals surface area contributed by atoms with Crippen LogP contribution in [0.25, 0.3) is 0 Å². The minimum atomic E-state index is -0.385. The SMILES string of the molecule is O=C1CC(N2CCN(Cc3ccc(Cl)cc3)CC2)C(=O)N1c1cccc(Cl)c1. The molecule has 0 spiro atoms. The van der Waals surface area contributed by atoms with Crippen LogP contribution in [0.15, 0.2) is 48.5 Å². The second-order valence-corrected chi connectivity index (χ2v) is 8.08. The zero-order chi connectivity index (χ0) is 19.7. The number of halogens is 2. The third-order valence-corrected chi connectivity index (χ3v) is 5.84. The largest absolute Gasteiger partial charge is 0.297 e. The molecule has 0 saturated carbocycles. The Hall–Kier alpha value is -1.92. The Kier molecular flexibility index (Phi) is 5.69. The molecule has 5 nitrogen and oxygen atoms in total. The van der Waals surface area contributed by atoms with E-state index in [-0.39, 0.29) is 24.3 Å². The number of hydrogen-bond acceptors (Lipinski definition) is 4. The van der Waals surface area contributed by atoms with Crippen molar-refractivity contribution in [2.45, 2.75) is 19.0 Å². The van der Waals surface area contributed by atoms with Gasteiger partial charge in [-0.2, -0.15) is 0 Å². The number of benzene rings is 2. The van der Waals surface area contributed by atoms with E-state index in [4.69, 9.17) is 23.2 Å². The topological polar surface area (TPSA) is 43.9 Å². The highest BCUT2D eigenvalue weighted by atomic mass is 35.5. The Labute approximate surface area is 174 Å². The fourth-order valence-corrected chi connectivity index (χ4v) is 4.18. The Morgan fingerprint density at radius 2 is 1.61 bits per heavy atom. The second-order valence-electron chi connectivity index (χ2n) is 7.21. The third kappa shape index (κ3) is 4.08. The first-order valence-corrected chi connectivity index (χ1v) is 10.1. The summed E-state index contributed by atoms with van der Waals surface area (Å²) < 4.78 is 0. The molecule has 0 radical (unpaired) electrons. The van der Waals surface area contributed by atoms with Crippen molar-refractivity contribution in [3.8, 4) is 0 Å². The first kappa shape index (κ1) is 19.4. The first-order valence-electron chi connectivity index (χ1n) is 9.34. The van der Waals surface area contributed by atoms with E-state index in [1.165, 1.54) is 10.5 Å². The van der Waals surface area contributed by atoms with E-state index in [9.17, 15) is 9.59 Å². The van der Waals surface area contributed by atoms with E-state index in [0.717, 1.165) is 37.7 Å². The van der Waals surface area contributed by atoms with Gasteiger partial charge in [-0.25, -0.2) is 4.90 Å². The lowest BCUT2D eigenvalue weighted by Crippen LogP contribution is -2.52. The molecule has 2 amide bonds. The molecule has 28 heavy (non-hydrogen) atoms. The predicted octanol–water partition coefficient (Wildman–Crippen LogP) is 3.44. The summed E-state index contributed by atoms with van der Waals surface area (Å²) in [5, 5.41) is 1.25. The van der Waals surface area contributed by atoms with E-state index in [1.807, 2.05) is 24.3 Å². The molecule has 7 heteroatoms. The van der Waals surface area contributed by atoms with Crippen molar-refractivity contribution in [2.75, 3.05) is 31.1 Å². The molecule has 2 aromatic rings. The van der Waals surface area contributed by atoms with Gasteiger partial charge in [0.25, 0.3) is 5.91 Å². The maximum atomic E-state index is 12.9. The number of rotatable bonds is 4. The van der Waals surface area contributed by atoms with Crippen molar-refractivity contribution in [1.29, 1.82) is 0 Å². The van der Waals surface area contributed by atoms with Gasteiger partial charge in [0.1, 0.15) is 0 Å². The van der Waals surface area contributed by atoms with Crippen molar-refractivity contribution in [3.05, 3.63) is 64.1 Å². The van der Waals surface area contributed by atoms with Crippen LogP contribution in [0.5, 0.6) is 0 Å². The molecule has 2 aliphatic rings. The average molecular weight is 418 g/mol. The molecular weight excluding hydrogens is 397 g/mol. The number of anilines is 1. The Bertz CT molecular complexity index is 879. The van der Waals surface area contributed by atoms with Crippen LogP contribution in [0.2, 0.25) is 10.0 Å². The summed E-state index contributed by atoms with van der Waals surface area (Å²) in [6.45, 7) is 4.11. The molecule has 1 unspecified atom stereocenters. The van der Waals surface area contributed by atoms with Crippen LogP contribution >= 0.6 is 23.2 Å². The summed E-state index contributed by atoms with van der Waals surface area (Å²) in [7, 11) is 0. The fraction of sp³-hybridized carbons (Fsp3) is 0.333. The summed E-state index contributed by atoms with van der Waals surface area (Å²) in [6, 6.07) is 14.4. The number of imide groups is 1. The maximum absolute atomic E-state index is 12.9. The number of piperazine rings is 1. The molecular formula is C21H21Cl2N3O2. The minimum Gasteiger partial charge on any atom is -0.297 e. The molecule has 0 aliphatic carbocycles. The molecule has 2 heterocycles. The van der Waals surface area contributed by atoms with Crippen molar-refractivity contribution in [3.63, 3.8) is 0 Å². The lowest BCUT2D eigenvalue weighted by Gasteiger charge is -2.37. The maximum Gasteiger partial charge on any atom is 0.251 e. The van der Waals surface area contributed by atoms with Gasteiger partial charge >= 0.3 is 0 Å². The summed E-state index contributed by atoms with van der Waals surface area (Å²) in [4.78, 5) is 31.2. The Morgan fingerprint density at radius 3 is 2.29 bits per heavy atom. The zero-order valence-electron chi connectivity index (χ0n) is 15.4. The normalized spacial score (nSPS) is 21.5. The number of carbonyl (C=O) groups excluding carboxylic acids is 2. The summed E-state index contributed by atoms with van der Waals surface area (Å²) >= 11 is 12.0. The number of nitrogens with zero attached hydrogens (tertiary/aromatic N) is 3. The minimum absolute atomic E-state index is 0.154. The second kappa shape index (κ2) is 8.21. The lowest BCUT2D eigenvalue weighted by atomic mass is 10.1. The van der Waals surface area contributed by atoms with E-state index in [2.05, 4.69) is 9.80 Å². The van der Waals surface area contributed by atoms with Crippen molar-refractivity contribution < 1.29 is 9.59 Å². The van der Waals surface area contributed by atoms with Crippen molar-refractivity contribution in [1.82, 2.24) is 9.80 Å². The standard InChI is InChI=1S/C21H21Cl2N3O2/c22-16-6-4-15(5-7-16)14-24-8-10-25(11-9-24)19-13-20(27)26(21(19)28)18-3-1-2-17(23)12-18/h1-7,12,19H,8-11,13-14H2. The lowest BCUT2D eigenvalue weighted by molar-refractivity contribution is -0.123. The molecule has 2 fully saturated rings. The van der Waals surface area contributed by atoms with Crippen LogP contribution in [0, 0.1) is 0 Å². The van der Waals surface area contributed by atoms with Gasteiger partial charge in [-0.05, 0) is 35.9 Å². The highest BCUT2D eigenvalue weighted by molar-refractivity contribution is 6.31. The average Bonchev–Trinajstić information content (AvgIpc) is 2.98. The molecule has 2 aromatic carbocycles. The van der Waals surface area contributed by atoms with E-state index < -0.39 is 0 Å². The highest BCUT2D eigenvalue weighted by Gasteiger charge is 2.43. The fourth-order valence-electron chi connectivity index (χ4n) is 3.87. The molecule has 146 valence electrons. The summed E-state index contributed by atoms with van der Waals surface area (Å²) in [6.07, 6.45) is 0.225. The van der Waals surface area contributed by atoms with Gasteiger partial charge in [0.2, 0.25) is 5.91 Å². The third-order valence-electron chi connectivity index (χ3n) is 5.36. The van der Waals surface area contributed by atoms with Crippen LogP contribution < -0.4 is 4.90 Å². The number of amides is 2. The van der Waals surface area contributed by atoms with E-state index in [1.54, 1.807) is 24.3 Å². The zero-order valence-corrected chi connectivity index (χ0v) is 16.9. The molecule has 4 rings (SSSR count). The van der Waals surface area contributed by atoms with Gasteiger partial charge in [0.05, 0.1) is 18.2 Å². The Morgan fingerprint density at radius 1 is 0.893 bits per heavy atom. The molecule has 2 aliphatic heterocycles. The van der Waals surface area contributed by atoms with Crippen LogP contribution in [0.3, 0.4) is 0 Å². The predicted molar refractivity (Wildman–Crippen MR) is 111 cm³/mol. The monoisotopic (exact) mass is 417 g/mol. The van der Waals surface area contributed by atoms with Crippen LogP contribution in [0.4, 0.5) is 5.69 Å². The molecule has 0 aromatic heterocycles. The van der Waals surface area contributed by atoms with Gasteiger partial charge < -0.3 is 0 Å². The van der Waals surface area contributed by atoms with Crippen LogP contribution in [-0.2, 0) is 16.1 Å². The Balaban J connectivity index is 1.37. The highest BCUT2D eigenvalue weighted by Crippen LogP contribution is 2.28. The van der Waals surface area contributed by atoms with Crippen molar-refractivity contribution >= 4 is 40.7 Å². The van der Waals surface area contributed by atoms with Gasteiger partial charge in [-0.1, -0.05) is 41.4 Å². The molecule has 0 N–H and O–H groups in total. The van der Waals surface area contributed by atoms with Gasteiger partial charge in [-0.15, -0.1) is 0 Å². The van der Waals surface area contributed by atoms with Crippen LogP contribution in [-0.4, -0.2) is 53.8 Å². The van der Waals surface area contributed by atoms with Gasteiger partial charge in [0, 0.05) is 42.8 Å². The quantitative estimate of drug-likeness (QED) is 0.714.